The highest BCUT2D eigenvalue weighted by atomic mass is 16.5. The highest BCUT2D eigenvalue weighted by Gasteiger charge is 2.22. The number of carbonyl (C=O) groups is 1. The van der Waals surface area contributed by atoms with E-state index in [1.54, 1.807) is 0 Å². The van der Waals surface area contributed by atoms with Crippen molar-refractivity contribution in [3.05, 3.63) is 0 Å². The summed E-state index contributed by atoms with van der Waals surface area (Å²) in [5, 5.41) is 33.2. The average molecular weight is 151 g/mol. The number of amides is 1. The van der Waals surface area contributed by atoms with Gasteiger partial charge in [-0.1, -0.05) is 0 Å². The Labute approximate surface area is 56.7 Å². The van der Waals surface area contributed by atoms with Crippen molar-refractivity contribution in [3.8, 4) is 0 Å². The first kappa shape index (κ1) is 9.31. The van der Waals surface area contributed by atoms with Crippen LogP contribution in [0, 0.1) is 0 Å². The number of aliphatic hydroxyl groups excluding tert-OH is 3. The first-order valence-electron chi connectivity index (χ1n) is 2.54. The topological polar surface area (TPSA) is 110 Å². The summed E-state index contributed by atoms with van der Waals surface area (Å²) in [6.07, 6.45) is -3.36. The van der Waals surface area contributed by atoms with Crippen LogP contribution in [0.5, 0.6) is 0 Å². The van der Waals surface area contributed by atoms with Crippen LogP contribution in [-0.4, -0.2) is 45.2 Å². The molecule has 0 spiro atoms. The number of aliphatic hydroxyl groups is 3. The largest absolute Gasteiger partial charge is 0.394 e. The first-order chi connectivity index (χ1) is 4.63. The van der Waals surface area contributed by atoms with Crippen molar-refractivity contribution in [2.75, 3.05) is 6.61 Å². The molecule has 0 aromatic heterocycles. The predicted octanol–water partition coefficient (Wildman–Crippen LogP) is -2.79. The van der Waals surface area contributed by atoms with Gasteiger partial charge in [-0.15, -0.1) is 0 Å². The summed E-state index contributed by atoms with van der Waals surface area (Å²) in [7, 11) is 0. The van der Waals surface area contributed by atoms with Crippen molar-refractivity contribution in [2.24, 2.45) is 0 Å². The lowest BCUT2D eigenvalue weighted by atomic mass is 10.2. The molecular formula is C4H9NO5. The SMILES string of the molecule is O=C(NO)[C@@H](O)[C@@H](O)CO. The van der Waals surface area contributed by atoms with Crippen molar-refractivity contribution < 1.29 is 25.3 Å². The smallest absolute Gasteiger partial charge is 0.274 e. The van der Waals surface area contributed by atoms with Crippen molar-refractivity contribution in [1.29, 1.82) is 0 Å². The van der Waals surface area contributed by atoms with Crippen LogP contribution in [0.15, 0.2) is 0 Å². The van der Waals surface area contributed by atoms with E-state index in [2.05, 4.69) is 0 Å². The van der Waals surface area contributed by atoms with E-state index in [1.165, 1.54) is 0 Å². The third-order valence-electron chi connectivity index (χ3n) is 0.930. The molecule has 60 valence electrons. The quantitative estimate of drug-likeness (QED) is 0.221. The van der Waals surface area contributed by atoms with Gasteiger partial charge in [0.1, 0.15) is 6.10 Å². The molecule has 10 heavy (non-hydrogen) atoms. The maximum Gasteiger partial charge on any atom is 0.274 e. The van der Waals surface area contributed by atoms with E-state index in [0.29, 0.717) is 0 Å². The number of hydroxylamine groups is 1. The fraction of sp³-hybridized carbons (Fsp3) is 0.750. The molecule has 0 unspecified atom stereocenters. The zero-order valence-corrected chi connectivity index (χ0v) is 5.06. The van der Waals surface area contributed by atoms with Crippen LogP contribution in [0.1, 0.15) is 0 Å². The van der Waals surface area contributed by atoms with Crippen molar-refractivity contribution in [1.82, 2.24) is 5.48 Å². The predicted molar refractivity (Wildman–Crippen MR) is 29.0 cm³/mol. The molecule has 5 N–H and O–H groups in total. The minimum absolute atomic E-state index is 0.741. The molecule has 0 bridgehead atoms. The van der Waals surface area contributed by atoms with Crippen LogP contribution in [0.3, 0.4) is 0 Å². The van der Waals surface area contributed by atoms with E-state index in [4.69, 9.17) is 20.5 Å². The zero-order valence-electron chi connectivity index (χ0n) is 5.06. The van der Waals surface area contributed by atoms with Gasteiger partial charge in [-0.3, -0.25) is 10.0 Å². The number of hydrogen-bond donors (Lipinski definition) is 5. The molecule has 0 aliphatic heterocycles. The molecule has 6 nitrogen and oxygen atoms in total. The molecular weight excluding hydrogens is 142 g/mol. The Kier molecular flexibility index (Phi) is 3.89. The van der Waals surface area contributed by atoms with E-state index in [0.717, 1.165) is 5.48 Å². The summed E-state index contributed by atoms with van der Waals surface area (Å²) in [4.78, 5) is 10.2. The summed E-state index contributed by atoms with van der Waals surface area (Å²) in [5.74, 6) is -1.15. The van der Waals surface area contributed by atoms with E-state index >= 15 is 0 Å². The van der Waals surface area contributed by atoms with E-state index < -0.39 is 24.7 Å². The lowest BCUT2D eigenvalue weighted by Crippen LogP contribution is -2.42. The fourth-order valence-corrected chi connectivity index (χ4v) is 0.341. The molecule has 0 aromatic carbocycles. The minimum Gasteiger partial charge on any atom is -0.394 e. The van der Waals surface area contributed by atoms with Crippen LogP contribution in [-0.2, 0) is 4.79 Å². The van der Waals surface area contributed by atoms with Crippen LogP contribution in [0.25, 0.3) is 0 Å². The molecule has 0 aliphatic rings. The second-order valence-electron chi connectivity index (χ2n) is 1.67. The average Bonchev–Trinajstić information content (AvgIpc) is 2.00. The van der Waals surface area contributed by atoms with Gasteiger partial charge in [0.05, 0.1) is 6.61 Å². The van der Waals surface area contributed by atoms with E-state index in [1.807, 2.05) is 0 Å². The van der Waals surface area contributed by atoms with Gasteiger partial charge in [0.25, 0.3) is 5.91 Å². The molecule has 0 heterocycles. The lowest BCUT2D eigenvalue weighted by Gasteiger charge is -2.12. The molecule has 1 amide bonds. The third-order valence-corrected chi connectivity index (χ3v) is 0.930. The monoisotopic (exact) mass is 151 g/mol. The van der Waals surface area contributed by atoms with Crippen LogP contribution < -0.4 is 5.48 Å². The lowest BCUT2D eigenvalue weighted by molar-refractivity contribution is -0.145. The number of hydrogen-bond acceptors (Lipinski definition) is 5. The van der Waals surface area contributed by atoms with Gasteiger partial charge in [0.2, 0.25) is 0 Å². The molecule has 0 radical (unpaired) electrons. The Morgan fingerprint density at radius 2 is 2.00 bits per heavy atom. The fourth-order valence-electron chi connectivity index (χ4n) is 0.341. The van der Waals surface area contributed by atoms with E-state index in [-0.39, 0.29) is 0 Å². The molecule has 2 atom stereocenters. The van der Waals surface area contributed by atoms with Gasteiger partial charge in [-0.05, 0) is 0 Å². The summed E-state index contributed by atoms with van der Waals surface area (Å²) in [5.41, 5.74) is 1.12. The van der Waals surface area contributed by atoms with Crippen molar-refractivity contribution in [2.45, 2.75) is 12.2 Å². The Bertz CT molecular complexity index is 116. The van der Waals surface area contributed by atoms with Crippen molar-refractivity contribution in [3.63, 3.8) is 0 Å². The third kappa shape index (κ3) is 2.28. The maximum absolute atomic E-state index is 10.2. The molecule has 0 saturated carbocycles. The Morgan fingerprint density at radius 1 is 1.50 bits per heavy atom. The highest BCUT2D eigenvalue weighted by Crippen LogP contribution is 1.90. The second kappa shape index (κ2) is 4.18. The molecule has 0 fully saturated rings. The van der Waals surface area contributed by atoms with Gasteiger partial charge in [0, 0.05) is 0 Å². The molecule has 0 saturated heterocycles. The van der Waals surface area contributed by atoms with Gasteiger partial charge < -0.3 is 15.3 Å². The standard InChI is InChI=1S/C4H9NO5/c6-1-2(7)3(8)4(9)5-10/h2-3,6-8,10H,1H2,(H,5,9)/t2-,3-/m0/s1. The van der Waals surface area contributed by atoms with Gasteiger partial charge >= 0.3 is 0 Å². The first-order valence-corrected chi connectivity index (χ1v) is 2.54. The highest BCUT2D eigenvalue weighted by molar-refractivity contribution is 5.79. The molecule has 0 rings (SSSR count). The van der Waals surface area contributed by atoms with E-state index in [9.17, 15) is 4.79 Å². The Hall–Kier alpha value is -0.690. The summed E-state index contributed by atoms with van der Waals surface area (Å²) >= 11 is 0. The van der Waals surface area contributed by atoms with Crippen LogP contribution in [0.4, 0.5) is 0 Å². The molecule has 0 aromatic rings. The van der Waals surface area contributed by atoms with Crippen LogP contribution in [0.2, 0.25) is 0 Å². The maximum atomic E-state index is 10.2. The second-order valence-corrected chi connectivity index (χ2v) is 1.67. The number of rotatable bonds is 3. The number of carbonyl (C=O) groups excluding carboxylic acids is 1. The summed E-state index contributed by atoms with van der Waals surface area (Å²) in [6, 6.07) is 0. The normalized spacial score (nSPS) is 16.0. The zero-order chi connectivity index (χ0) is 8.15. The Morgan fingerprint density at radius 3 is 2.30 bits per heavy atom. The van der Waals surface area contributed by atoms with Crippen molar-refractivity contribution >= 4 is 5.91 Å². The van der Waals surface area contributed by atoms with Gasteiger partial charge in [0.15, 0.2) is 6.10 Å². The minimum atomic E-state index is -1.80. The Balaban J connectivity index is 3.81. The summed E-state index contributed by atoms with van der Waals surface area (Å²) < 4.78 is 0. The molecule has 0 aliphatic carbocycles. The van der Waals surface area contributed by atoms with Gasteiger partial charge in [-0.2, -0.15) is 0 Å². The molecule has 6 heteroatoms. The van der Waals surface area contributed by atoms with Gasteiger partial charge in [-0.25, -0.2) is 5.48 Å². The summed E-state index contributed by atoms with van der Waals surface area (Å²) in [6.45, 7) is -0.741. The van der Waals surface area contributed by atoms with Crippen LogP contribution >= 0.6 is 0 Å². The number of nitrogens with one attached hydrogen (secondary N) is 1.